The molecule has 0 bridgehead atoms. The third kappa shape index (κ3) is 3.28. The molecule has 5 nitrogen and oxygen atoms in total. The van der Waals surface area contributed by atoms with Gasteiger partial charge in [-0.2, -0.15) is 12.6 Å². The highest BCUT2D eigenvalue weighted by Gasteiger charge is 2.22. The van der Waals surface area contributed by atoms with Gasteiger partial charge in [-0.25, -0.2) is 0 Å². The van der Waals surface area contributed by atoms with Crippen LogP contribution in [0.1, 0.15) is 18.5 Å². The van der Waals surface area contributed by atoms with Gasteiger partial charge < -0.3 is 15.3 Å². The van der Waals surface area contributed by atoms with Crippen molar-refractivity contribution in [2.75, 3.05) is 5.75 Å². The summed E-state index contributed by atoms with van der Waals surface area (Å²) in [5, 5.41) is 30.9. The summed E-state index contributed by atoms with van der Waals surface area (Å²) in [6.07, 6.45) is 0. The van der Waals surface area contributed by atoms with Crippen molar-refractivity contribution in [3.05, 3.63) is 23.8 Å². The summed E-state index contributed by atoms with van der Waals surface area (Å²) in [4.78, 5) is 10.8. The van der Waals surface area contributed by atoms with Gasteiger partial charge in [0.1, 0.15) is 17.5 Å². The molecular formula is C11H15NO4S. The number of hydrogen-bond donors (Lipinski definition) is 5. The lowest BCUT2D eigenvalue weighted by Crippen LogP contribution is -2.39. The Balaban J connectivity index is 2.89. The van der Waals surface area contributed by atoms with Gasteiger partial charge in [-0.05, 0) is 19.1 Å². The molecule has 0 radical (unpaired) electrons. The van der Waals surface area contributed by atoms with Gasteiger partial charge in [-0.15, -0.1) is 0 Å². The monoisotopic (exact) mass is 257 g/mol. The minimum atomic E-state index is -1.03. The normalized spacial score (nSPS) is 14.2. The number of phenolic OH excluding ortho intramolecular Hbond substituents is 2. The highest BCUT2D eigenvalue weighted by atomic mass is 32.1. The van der Waals surface area contributed by atoms with Gasteiger partial charge in [0.25, 0.3) is 0 Å². The molecule has 0 heterocycles. The molecule has 1 aromatic carbocycles. The number of aromatic hydroxyl groups is 2. The van der Waals surface area contributed by atoms with Crippen molar-refractivity contribution < 1.29 is 20.1 Å². The number of benzene rings is 1. The van der Waals surface area contributed by atoms with Crippen molar-refractivity contribution in [3.63, 3.8) is 0 Å². The molecule has 1 rings (SSSR count). The SMILES string of the molecule is CC(NC(CS)C(=O)O)c1c(O)cccc1O. The first kappa shape index (κ1) is 13.7. The van der Waals surface area contributed by atoms with Crippen molar-refractivity contribution in [3.8, 4) is 11.5 Å². The van der Waals surface area contributed by atoms with Crippen LogP contribution >= 0.6 is 12.6 Å². The molecule has 0 aromatic heterocycles. The average Bonchev–Trinajstić information content (AvgIpc) is 2.25. The standard InChI is InChI=1S/C11H15NO4S/c1-6(12-7(5-17)11(15)16)10-8(13)3-2-4-9(10)14/h2-4,6-7,12-14,17H,5H2,1H3,(H,15,16). The molecule has 0 amide bonds. The molecular weight excluding hydrogens is 242 g/mol. The van der Waals surface area contributed by atoms with Crippen LogP contribution < -0.4 is 5.32 Å². The molecule has 0 aliphatic rings. The number of nitrogens with one attached hydrogen (secondary N) is 1. The first-order valence-electron chi connectivity index (χ1n) is 5.08. The number of aliphatic carboxylic acids is 1. The maximum absolute atomic E-state index is 10.8. The summed E-state index contributed by atoms with van der Waals surface area (Å²) < 4.78 is 0. The van der Waals surface area contributed by atoms with Gasteiger partial charge in [0.2, 0.25) is 0 Å². The third-order valence-corrected chi connectivity index (χ3v) is 2.79. The smallest absolute Gasteiger partial charge is 0.321 e. The number of rotatable bonds is 5. The molecule has 17 heavy (non-hydrogen) atoms. The summed E-state index contributed by atoms with van der Waals surface area (Å²) in [5.41, 5.74) is 0.278. The molecule has 1 aromatic rings. The molecule has 2 unspecified atom stereocenters. The van der Waals surface area contributed by atoms with Crippen molar-refractivity contribution in [2.24, 2.45) is 0 Å². The first-order chi connectivity index (χ1) is 7.97. The summed E-state index contributed by atoms with van der Waals surface area (Å²) in [5.74, 6) is -1.06. The maximum Gasteiger partial charge on any atom is 0.321 e. The molecule has 0 saturated heterocycles. The Morgan fingerprint density at radius 1 is 1.41 bits per heavy atom. The zero-order valence-corrected chi connectivity index (χ0v) is 10.2. The number of carbonyl (C=O) groups is 1. The van der Waals surface area contributed by atoms with Gasteiger partial charge in [0.15, 0.2) is 0 Å². The van der Waals surface area contributed by atoms with Gasteiger partial charge >= 0.3 is 5.97 Å². The van der Waals surface area contributed by atoms with Crippen LogP contribution in [-0.4, -0.2) is 33.1 Å². The predicted molar refractivity (Wildman–Crippen MR) is 66.6 cm³/mol. The van der Waals surface area contributed by atoms with E-state index in [0.717, 1.165) is 0 Å². The predicted octanol–water partition coefficient (Wildman–Crippen LogP) is 1.13. The lowest BCUT2D eigenvalue weighted by atomic mass is 10.1. The van der Waals surface area contributed by atoms with Crippen molar-refractivity contribution in [2.45, 2.75) is 19.0 Å². The summed E-state index contributed by atoms with van der Waals surface area (Å²) in [7, 11) is 0. The third-order valence-electron chi connectivity index (χ3n) is 2.42. The molecule has 2 atom stereocenters. The fourth-order valence-corrected chi connectivity index (χ4v) is 1.83. The van der Waals surface area contributed by atoms with E-state index in [9.17, 15) is 15.0 Å². The van der Waals surface area contributed by atoms with E-state index in [1.165, 1.54) is 18.2 Å². The van der Waals surface area contributed by atoms with Crippen LogP contribution in [0.25, 0.3) is 0 Å². The fourth-order valence-electron chi connectivity index (χ4n) is 1.57. The van der Waals surface area contributed by atoms with Crippen LogP contribution in [0.3, 0.4) is 0 Å². The van der Waals surface area contributed by atoms with E-state index in [4.69, 9.17) is 5.11 Å². The minimum absolute atomic E-state index is 0.0756. The first-order valence-corrected chi connectivity index (χ1v) is 5.71. The van der Waals surface area contributed by atoms with Crippen LogP contribution in [0.15, 0.2) is 18.2 Å². The second-order valence-corrected chi connectivity index (χ2v) is 4.04. The van der Waals surface area contributed by atoms with E-state index in [0.29, 0.717) is 0 Å². The van der Waals surface area contributed by atoms with Crippen LogP contribution in [0.2, 0.25) is 0 Å². The molecule has 94 valence electrons. The molecule has 0 saturated carbocycles. The Kier molecular flexibility index (Phi) is 4.65. The quantitative estimate of drug-likeness (QED) is 0.510. The highest BCUT2D eigenvalue weighted by Crippen LogP contribution is 2.32. The average molecular weight is 257 g/mol. The second kappa shape index (κ2) is 5.79. The summed E-state index contributed by atoms with van der Waals surface area (Å²) in [6.45, 7) is 1.66. The Labute approximate surface area is 105 Å². The minimum Gasteiger partial charge on any atom is -0.507 e. The summed E-state index contributed by atoms with van der Waals surface area (Å²) in [6, 6.07) is 3.04. The van der Waals surface area contributed by atoms with Gasteiger partial charge in [-0.3, -0.25) is 10.1 Å². The second-order valence-electron chi connectivity index (χ2n) is 3.67. The van der Waals surface area contributed by atoms with Crippen LogP contribution in [0, 0.1) is 0 Å². The van der Waals surface area contributed by atoms with E-state index in [1.807, 2.05) is 0 Å². The number of phenols is 2. The van der Waals surface area contributed by atoms with Gasteiger partial charge in [-0.1, -0.05) is 6.07 Å². The van der Waals surface area contributed by atoms with E-state index >= 15 is 0 Å². The molecule has 0 fully saturated rings. The lowest BCUT2D eigenvalue weighted by molar-refractivity contribution is -0.139. The Morgan fingerprint density at radius 2 is 1.94 bits per heavy atom. The van der Waals surface area contributed by atoms with E-state index in [2.05, 4.69) is 17.9 Å². The maximum atomic E-state index is 10.8. The van der Waals surface area contributed by atoms with Crippen LogP contribution in [-0.2, 0) is 4.79 Å². The molecule has 0 spiro atoms. The zero-order valence-electron chi connectivity index (χ0n) is 9.29. The van der Waals surface area contributed by atoms with E-state index in [1.54, 1.807) is 6.92 Å². The van der Waals surface area contributed by atoms with E-state index in [-0.39, 0.29) is 22.8 Å². The zero-order chi connectivity index (χ0) is 13.0. The number of carboxylic acid groups (broad SMARTS) is 1. The topological polar surface area (TPSA) is 89.8 Å². The number of thiol groups is 1. The fraction of sp³-hybridized carbons (Fsp3) is 0.364. The Morgan fingerprint density at radius 3 is 2.35 bits per heavy atom. The van der Waals surface area contributed by atoms with Crippen molar-refractivity contribution >= 4 is 18.6 Å². The van der Waals surface area contributed by atoms with E-state index < -0.39 is 18.1 Å². The summed E-state index contributed by atoms with van der Waals surface area (Å²) >= 11 is 3.93. The van der Waals surface area contributed by atoms with Gasteiger partial charge in [0, 0.05) is 11.8 Å². The molecule has 6 heteroatoms. The Hall–Kier alpha value is -1.40. The molecule has 0 aliphatic heterocycles. The number of carboxylic acids is 1. The molecule has 0 aliphatic carbocycles. The highest BCUT2D eigenvalue weighted by molar-refractivity contribution is 7.80. The molecule has 4 N–H and O–H groups in total. The van der Waals surface area contributed by atoms with Crippen LogP contribution in [0.5, 0.6) is 11.5 Å². The number of hydrogen-bond acceptors (Lipinski definition) is 5. The van der Waals surface area contributed by atoms with Gasteiger partial charge in [0.05, 0.1) is 5.56 Å². The van der Waals surface area contributed by atoms with Crippen LogP contribution in [0.4, 0.5) is 0 Å². The largest absolute Gasteiger partial charge is 0.507 e. The van der Waals surface area contributed by atoms with Crippen molar-refractivity contribution in [1.82, 2.24) is 5.32 Å². The Bertz CT molecular complexity index is 390. The lowest BCUT2D eigenvalue weighted by Gasteiger charge is -2.20. The van der Waals surface area contributed by atoms with Crippen molar-refractivity contribution in [1.29, 1.82) is 0 Å².